The maximum Gasteiger partial charge on any atom is 0.224 e. The first-order chi connectivity index (χ1) is 8.88. The number of hydrogen-bond acceptors (Lipinski definition) is 5. The summed E-state index contributed by atoms with van der Waals surface area (Å²) in [4.78, 5) is 11.1. The Labute approximate surface area is 109 Å². The Morgan fingerprint density at radius 1 is 1.22 bits per heavy atom. The van der Waals surface area contributed by atoms with Crippen molar-refractivity contribution in [2.45, 2.75) is 26.2 Å². The molecule has 100 valence electrons. The van der Waals surface area contributed by atoms with Crippen LogP contribution < -0.4 is 10.6 Å². The van der Waals surface area contributed by atoms with Crippen molar-refractivity contribution in [1.29, 1.82) is 0 Å². The number of piperidine rings is 1. The SMILES string of the molecule is CCNc1nccc(NCCN2CCCCC2)n1. The molecule has 1 saturated heterocycles. The zero-order valence-corrected chi connectivity index (χ0v) is 11.2. The van der Waals surface area contributed by atoms with Gasteiger partial charge in [0, 0.05) is 25.8 Å². The molecular weight excluding hydrogens is 226 g/mol. The predicted octanol–water partition coefficient (Wildman–Crippen LogP) is 1.81. The second-order valence-electron chi connectivity index (χ2n) is 4.62. The molecule has 18 heavy (non-hydrogen) atoms. The lowest BCUT2D eigenvalue weighted by atomic mass is 10.1. The number of nitrogens with zero attached hydrogens (tertiary/aromatic N) is 3. The van der Waals surface area contributed by atoms with E-state index in [1.807, 2.05) is 13.0 Å². The topological polar surface area (TPSA) is 53.1 Å². The predicted molar refractivity (Wildman–Crippen MR) is 75.0 cm³/mol. The molecule has 0 spiro atoms. The van der Waals surface area contributed by atoms with Gasteiger partial charge < -0.3 is 15.5 Å². The van der Waals surface area contributed by atoms with Crippen LogP contribution in [0.25, 0.3) is 0 Å². The van der Waals surface area contributed by atoms with Gasteiger partial charge >= 0.3 is 0 Å². The van der Waals surface area contributed by atoms with E-state index in [-0.39, 0.29) is 0 Å². The minimum absolute atomic E-state index is 0.695. The van der Waals surface area contributed by atoms with Crippen LogP contribution in [0.5, 0.6) is 0 Å². The highest BCUT2D eigenvalue weighted by atomic mass is 15.2. The highest BCUT2D eigenvalue weighted by molar-refractivity contribution is 5.39. The Hall–Kier alpha value is -1.36. The lowest BCUT2D eigenvalue weighted by Gasteiger charge is -2.26. The first-order valence-electron chi connectivity index (χ1n) is 6.91. The number of likely N-dealkylation sites (tertiary alicyclic amines) is 1. The van der Waals surface area contributed by atoms with Gasteiger partial charge in [0.05, 0.1) is 0 Å². The highest BCUT2D eigenvalue weighted by Gasteiger charge is 2.08. The molecule has 2 rings (SSSR count). The van der Waals surface area contributed by atoms with Crippen LogP contribution in [0, 0.1) is 0 Å². The van der Waals surface area contributed by atoms with Crippen molar-refractivity contribution in [3.63, 3.8) is 0 Å². The summed E-state index contributed by atoms with van der Waals surface area (Å²) in [6, 6.07) is 1.91. The molecule has 1 aromatic rings. The molecule has 1 aliphatic rings. The van der Waals surface area contributed by atoms with Gasteiger partial charge in [0.25, 0.3) is 0 Å². The van der Waals surface area contributed by atoms with Crippen LogP contribution in [0.3, 0.4) is 0 Å². The molecule has 5 nitrogen and oxygen atoms in total. The van der Waals surface area contributed by atoms with Crippen molar-refractivity contribution < 1.29 is 0 Å². The second kappa shape index (κ2) is 7.16. The molecule has 1 fully saturated rings. The third-order valence-corrected chi connectivity index (χ3v) is 3.17. The normalized spacial score (nSPS) is 16.5. The van der Waals surface area contributed by atoms with E-state index in [4.69, 9.17) is 0 Å². The fourth-order valence-electron chi connectivity index (χ4n) is 2.23. The molecule has 0 amide bonds. The highest BCUT2D eigenvalue weighted by Crippen LogP contribution is 2.08. The summed E-state index contributed by atoms with van der Waals surface area (Å²) in [6.07, 6.45) is 5.87. The smallest absolute Gasteiger partial charge is 0.224 e. The Kier molecular flexibility index (Phi) is 5.20. The standard InChI is InChI=1S/C13H23N5/c1-2-14-13-16-7-6-12(17-13)15-8-11-18-9-4-3-5-10-18/h6-7H,2-5,8-11H2,1H3,(H2,14,15,16,17). The third kappa shape index (κ3) is 4.14. The Morgan fingerprint density at radius 2 is 2.06 bits per heavy atom. The Bertz CT molecular complexity index is 349. The molecule has 0 radical (unpaired) electrons. The van der Waals surface area contributed by atoms with Gasteiger partial charge in [-0.05, 0) is 38.9 Å². The first-order valence-corrected chi connectivity index (χ1v) is 6.91. The van der Waals surface area contributed by atoms with Gasteiger partial charge in [-0.15, -0.1) is 0 Å². The summed E-state index contributed by atoms with van der Waals surface area (Å²) >= 11 is 0. The number of anilines is 2. The van der Waals surface area contributed by atoms with Gasteiger partial charge in [0.15, 0.2) is 0 Å². The lowest BCUT2D eigenvalue weighted by molar-refractivity contribution is 0.237. The van der Waals surface area contributed by atoms with Gasteiger partial charge in [-0.25, -0.2) is 4.98 Å². The fraction of sp³-hybridized carbons (Fsp3) is 0.692. The van der Waals surface area contributed by atoms with E-state index in [9.17, 15) is 0 Å². The second-order valence-corrected chi connectivity index (χ2v) is 4.62. The van der Waals surface area contributed by atoms with Gasteiger partial charge in [-0.2, -0.15) is 4.98 Å². The minimum atomic E-state index is 0.695. The largest absolute Gasteiger partial charge is 0.369 e. The molecule has 0 unspecified atom stereocenters. The van der Waals surface area contributed by atoms with Crippen LogP contribution in [0.4, 0.5) is 11.8 Å². The van der Waals surface area contributed by atoms with E-state index in [1.165, 1.54) is 32.4 Å². The summed E-state index contributed by atoms with van der Waals surface area (Å²) < 4.78 is 0. The van der Waals surface area contributed by atoms with Crippen molar-refractivity contribution in [3.8, 4) is 0 Å². The monoisotopic (exact) mass is 249 g/mol. The summed E-state index contributed by atoms with van der Waals surface area (Å²) in [6.45, 7) is 7.42. The fourth-order valence-corrected chi connectivity index (χ4v) is 2.23. The molecule has 2 N–H and O–H groups in total. The van der Waals surface area contributed by atoms with Crippen LogP contribution in [0.2, 0.25) is 0 Å². The lowest BCUT2D eigenvalue weighted by Crippen LogP contribution is -2.33. The van der Waals surface area contributed by atoms with E-state index in [0.29, 0.717) is 5.95 Å². The molecule has 1 aromatic heterocycles. The number of hydrogen-bond donors (Lipinski definition) is 2. The molecular formula is C13H23N5. The summed E-state index contributed by atoms with van der Waals surface area (Å²) in [5.41, 5.74) is 0. The molecule has 0 saturated carbocycles. The maximum atomic E-state index is 4.39. The molecule has 0 aliphatic carbocycles. The van der Waals surface area contributed by atoms with Crippen LogP contribution >= 0.6 is 0 Å². The van der Waals surface area contributed by atoms with E-state index >= 15 is 0 Å². The van der Waals surface area contributed by atoms with Gasteiger partial charge in [-0.1, -0.05) is 6.42 Å². The quantitative estimate of drug-likeness (QED) is 0.805. The van der Waals surface area contributed by atoms with Crippen molar-refractivity contribution in [2.24, 2.45) is 0 Å². The third-order valence-electron chi connectivity index (χ3n) is 3.17. The number of nitrogens with one attached hydrogen (secondary N) is 2. The average Bonchev–Trinajstić information content (AvgIpc) is 2.41. The zero-order chi connectivity index (χ0) is 12.6. The van der Waals surface area contributed by atoms with Crippen molar-refractivity contribution in [1.82, 2.24) is 14.9 Å². The van der Waals surface area contributed by atoms with Crippen LogP contribution in [-0.2, 0) is 0 Å². The summed E-state index contributed by atoms with van der Waals surface area (Å²) in [5.74, 6) is 1.60. The first kappa shape index (κ1) is 13.1. The van der Waals surface area contributed by atoms with E-state index < -0.39 is 0 Å². The van der Waals surface area contributed by atoms with Gasteiger partial charge in [-0.3, -0.25) is 0 Å². The van der Waals surface area contributed by atoms with Crippen LogP contribution in [0.15, 0.2) is 12.3 Å². The van der Waals surface area contributed by atoms with Crippen LogP contribution in [-0.4, -0.2) is 47.6 Å². The summed E-state index contributed by atoms with van der Waals surface area (Å²) in [7, 11) is 0. The average molecular weight is 249 g/mol. The van der Waals surface area contributed by atoms with Crippen molar-refractivity contribution in [2.75, 3.05) is 43.4 Å². The molecule has 0 aromatic carbocycles. The van der Waals surface area contributed by atoms with E-state index in [2.05, 4.69) is 25.5 Å². The summed E-state index contributed by atoms with van der Waals surface area (Å²) in [5, 5.41) is 6.47. The zero-order valence-electron chi connectivity index (χ0n) is 11.2. The molecule has 0 atom stereocenters. The van der Waals surface area contributed by atoms with E-state index in [1.54, 1.807) is 6.20 Å². The van der Waals surface area contributed by atoms with Crippen molar-refractivity contribution >= 4 is 11.8 Å². The maximum absolute atomic E-state index is 4.39. The molecule has 0 bridgehead atoms. The number of rotatable bonds is 6. The number of aromatic nitrogens is 2. The molecule has 5 heteroatoms. The van der Waals surface area contributed by atoms with Crippen molar-refractivity contribution in [3.05, 3.63) is 12.3 Å². The van der Waals surface area contributed by atoms with E-state index in [0.717, 1.165) is 25.5 Å². The minimum Gasteiger partial charge on any atom is -0.369 e. The van der Waals surface area contributed by atoms with Gasteiger partial charge in [0.1, 0.15) is 5.82 Å². The molecule has 1 aliphatic heterocycles. The van der Waals surface area contributed by atoms with Gasteiger partial charge in [0.2, 0.25) is 5.95 Å². The Morgan fingerprint density at radius 3 is 2.83 bits per heavy atom. The Balaban J connectivity index is 1.73. The van der Waals surface area contributed by atoms with Crippen LogP contribution in [0.1, 0.15) is 26.2 Å². The molecule has 2 heterocycles.